The number of halogens is 1. The van der Waals surface area contributed by atoms with Crippen LogP contribution in [0.15, 0.2) is 29.6 Å². The third-order valence-corrected chi connectivity index (χ3v) is 4.73. The van der Waals surface area contributed by atoms with Crippen LogP contribution in [-0.2, 0) is 6.42 Å². The molecular weight excluding hydrogens is 279 g/mol. The van der Waals surface area contributed by atoms with E-state index < -0.39 is 16.4 Å². The normalized spacial score (nSPS) is 17.9. The first-order valence-corrected chi connectivity index (χ1v) is 7.23. The minimum absolute atomic E-state index is 0.0190. The summed E-state index contributed by atoms with van der Waals surface area (Å²) in [5.74, 6) is -0.782. The van der Waals surface area contributed by atoms with Crippen molar-refractivity contribution in [2.24, 2.45) is 0 Å². The molecule has 3 rings (SSSR count). The lowest BCUT2D eigenvalue weighted by Gasteiger charge is -2.35. The second-order valence-corrected chi connectivity index (χ2v) is 5.78. The van der Waals surface area contributed by atoms with Crippen LogP contribution in [0.25, 0.3) is 0 Å². The Hall–Kier alpha value is -1.95. The number of hydrogen-bond acceptors (Lipinski definition) is 4. The lowest BCUT2D eigenvalue weighted by atomic mass is 10.0. The van der Waals surface area contributed by atoms with Crippen LogP contribution in [-0.4, -0.2) is 11.5 Å². The SMILES string of the molecule is CC1c2ccsc2CCN1c1cccc(F)c1[N+](=O)[O-]. The van der Waals surface area contributed by atoms with E-state index in [9.17, 15) is 14.5 Å². The van der Waals surface area contributed by atoms with Gasteiger partial charge in [0.2, 0.25) is 5.82 Å². The first-order valence-electron chi connectivity index (χ1n) is 6.35. The van der Waals surface area contributed by atoms with E-state index in [1.54, 1.807) is 17.4 Å². The van der Waals surface area contributed by atoms with Crippen molar-refractivity contribution in [2.45, 2.75) is 19.4 Å². The lowest BCUT2D eigenvalue weighted by Crippen LogP contribution is -2.33. The summed E-state index contributed by atoms with van der Waals surface area (Å²) in [5, 5.41) is 13.2. The Morgan fingerprint density at radius 1 is 1.45 bits per heavy atom. The van der Waals surface area contributed by atoms with Gasteiger partial charge in [-0.2, -0.15) is 4.39 Å². The van der Waals surface area contributed by atoms with Crippen LogP contribution in [0.3, 0.4) is 0 Å². The summed E-state index contributed by atoms with van der Waals surface area (Å²) in [5.41, 5.74) is 1.11. The third kappa shape index (κ3) is 1.96. The number of para-hydroxylation sites is 1. The monoisotopic (exact) mass is 292 g/mol. The molecule has 1 atom stereocenters. The highest BCUT2D eigenvalue weighted by Crippen LogP contribution is 2.40. The lowest BCUT2D eigenvalue weighted by molar-refractivity contribution is -0.386. The van der Waals surface area contributed by atoms with E-state index in [4.69, 9.17) is 0 Å². The van der Waals surface area contributed by atoms with Crippen molar-refractivity contribution in [3.8, 4) is 0 Å². The van der Waals surface area contributed by atoms with Gasteiger partial charge in [0.05, 0.1) is 11.0 Å². The molecule has 2 aromatic rings. The molecule has 0 N–H and O–H groups in total. The fraction of sp³-hybridized carbons (Fsp3) is 0.286. The fourth-order valence-corrected chi connectivity index (χ4v) is 3.72. The number of nitrogens with zero attached hydrogens (tertiary/aromatic N) is 2. The van der Waals surface area contributed by atoms with Crippen molar-refractivity contribution in [3.05, 3.63) is 56.0 Å². The summed E-state index contributed by atoms with van der Waals surface area (Å²) < 4.78 is 13.8. The van der Waals surface area contributed by atoms with E-state index >= 15 is 0 Å². The highest BCUT2D eigenvalue weighted by atomic mass is 32.1. The molecule has 2 heterocycles. The Morgan fingerprint density at radius 3 is 3.00 bits per heavy atom. The standard InChI is InChI=1S/C14H13FN2O2S/c1-9-10-6-8-20-13(10)5-7-16(9)12-4-2-3-11(15)14(12)17(18)19/h2-4,6,8-9H,5,7H2,1H3. The predicted octanol–water partition coefficient (Wildman–Crippen LogP) is 3.92. The van der Waals surface area contributed by atoms with E-state index in [-0.39, 0.29) is 6.04 Å². The summed E-state index contributed by atoms with van der Waals surface area (Å²) in [6.07, 6.45) is 0.838. The number of hydrogen-bond donors (Lipinski definition) is 0. The average molecular weight is 292 g/mol. The van der Waals surface area contributed by atoms with Gasteiger partial charge in [-0.25, -0.2) is 0 Å². The van der Waals surface area contributed by atoms with Crippen LogP contribution >= 0.6 is 11.3 Å². The molecule has 0 saturated heterocycles. The van der Waals surface area contributed by atoms with Gasteiger partial charge in [-0.15, -0.1) is 11.3 Å². The molecule has 6 heteroatoms. The van der Waals surface area contributed by atoms with E-state index in [2.05, 4.69) is 0 Å². The fourth-order valence-electron chi connectivity index (χ4n) is 2.76. The van der Waals surface area contributed by atoms with E-state index in [0.29, 0.717) is 12.2 Å². The zero-order valence-electron chi connectivity index (χ0n) is 10.9. The topological polar surface area (TPSA) is 46.4 Å². The van der Waals surface area contributed by atoms with Crippen LogP contribution in [0.1, 0.15) is 23.4 Å². The summed E-state index contributed by atoms with van der Waals surface area (Å²) in [4.78, 5) is 13.7. The molecular formula is C14H13FN2O2S. The van der Waals surface area contributed by atoms with Crippen molar-refractivity contribution in [1.82, 2.24) is 0 Å². The molecule has 0 amide bonds. The Labute approximate surface area is 119 Å². The Bertz CT molecular complexity index is 671. The number of nitro groups is 1. The summed E-state index contributed by atoms with van der Waals surface area (Å²) in [7, 11) is 0. The molecule has 104 valence electrons. The predicted molar refractivity (Wildman–Crippen MR) is 76.8 cm³/mol. The maximum absolute atomic E-state index is 13.8. The van der Waals surface area contributed by atoms with Crippen molar-refractivity contribution in [3.63, 3.8) is 0 Å². The van der Waals surface area contributed by atoms with Crippen LogP contribution in [0, 0.1) is 15.9 Å². The van der Waals surface area contributed by atoms with Gasteiger partial charge in [-0.1, -0.05) is 6.07 Å². The van der Waals surface area contributed by atoms with Gasteiger partial charge in [-0.05, 0) is 42.5 Å². The first-order chi connectivity index (χ1) is 9.59. The van der Waals surface area contributed by atoms with Gasteiger partial charge in [0.1, 0.15) is 5.69 Å². The van der Waals surface area contributed by atoms with Gasteiger partial charge in [0.15, 0.2) is 0 Å². The maximum Gasteiger partial charge on any atom is 0.327 e. The van der Waals surface area contributed by atoms with Crippen molar-refractivity contribution >= 4 is 22.7 Å². The third-order valence-electron chi connectivity index (χ3n) is 3.73. The smallest absolute Gasteiger partial charge is 0.327 e. The molecule has 0 bridgehead atoms. The summed E-state index contributed by atoms with van der Waals surface area (Å²) in [6.45, 7) is 2.66. The van der Waals surface area contributed by atoms with Crippen molar-refractivity contribution in [2.75, 3.05) is 11.4 Å². The highest BCUT2D eigenvalue weighted by molar-refractivity contribution is 7.10. The van der Waals surface area contributed by atoms with Crippen LogP contribution < -0.4 is 4.90 Å². The minimum atomic E-state index is -0.782. The quantitative estimate of drug-likeness (QED) is 0.622. The molecule has 1 aromatic carbocycles. The zero-order chi connectivity index (χ0) is 14.3. The first kappa shape index (κ1) is 13.1. The molecule has 0 fully saturated rings. The Kier molecular flexibility index (Phi) is 3.17. The van der Waals surface area contributed by atoms with Gasteiger partial charge in [0, 0.05) is 11.4 Å². The van der Waals surface area contributed by atoms with E-state index in [1.807, 2.05) is 23.3 Å². The van der Waals surface area contributed by atoms with E-state index in [1.165, 1.54) is 16.5 Å². The minimum Gasteiger partial charge on any atom is -0.359 e. The Morgan fingerprint density at radius 2 is 2.25 bits per heavy atom. The number of rotatable bonds is 2. The zero-order valence-corrected chi connectivity index (χ0v) is 11.7. The summed E-state index contributed by atoms with van der Waals surface area (Å²) >= 11 is 1.71. The van der Waals surface area contributed by atoms with Crippen LogP contribution in [0.5, 0.6) is 0 Å². The van der Waals surface area contributed by atoms with Gasteiger partial charge in [0.25, 0.3) is 0 Å². The Balaban J connectivity index is 2.07. The van der Waals surface area contributed by atoms with Crippen molar-refractivity contribution in [1.29, 1.82) is 0 Å². The number of anilines is 1. The molecule has 4 nitrogen and oxygen atoms in total. The van der Waals surface area contributed by atoms with Gasteiger partial charge >= 0.3 is 5.69 Å². The molecule has 1 aliphatic rings. The molecule has 1 aromatic heterocycles. The molecule has 1 aliphatic heterocycles. The molecule has 20 heavy (non-hydrogen) atoms. The van der Waals surface area contributed by atoms with Gasteiger partial charge < -0.3 is 4.90 Å². The van der Waals surface area contributed by atoms with Crippen LogP contribution in [0.2, 0.25) is 0 Å². The number of thiophene rings is 1. The molecule has 0 aliphatic carbocycles. The average Bonchev–Trinajstić information content (AvgIpc) is 2.87. The second kappa shape index (κ2) is 4.86. The van der Waals surface area contributed by atoms with E-state index in [0.717, 1.165) is 12.5 Å². The molecule has 0 spiro atoms. The molecule has 1 unspecified atom stereocenters. The van der Waals surface area contributed by atoms with Crippen molar-refractivity contribution < 1.29 is 9.31 Å². The molecule has 0 radical (unpaired) electrons. The largest absolute Gasteiger partial charge is 0.359 e. The molecule has 0 saturated carbocycles. The number of benzene rings is 1. The second-order valence-electron chi connectivity index (χ2n) is 4.78. The number of nitro benzene ring substituents is 1. The maximum atomic E-state index is 13.8. The highest BCUT2D eigenvalue weighted by Gasteiger charge is 2.31. The number of fused-ring (bicyclic) bond motifs is 1. The summed E-state index contributed by atoms with van der Waals surface area (Å²) in [6, 6.07) is 6.34. The van der Waals surface area contributed by atoms with Crippen LogP contribution in [0.4, 0.5) is 15.8 Å². The van der Waals surface area contributed by atoms with Gasteiger partial charge in [-0.3, -0.25) is 10.1 Å².